The Morgan fingerprint density at radius 1 is 1.00 bits per heavy atom. The minimum Gasteiger partial charge on any atom is -0.352 e. The number of rotatable bonds is 4. The number of anilines is 1. The van der Waals surface area contributed by atoms with Crippen molar-refractivity contribution in [1.82, 2.24) is 19.4 Å². The van der Waals surface area contributed by atoms with Crippen LogP contribution in [0.25, 0.3) is 22.0 Å². The van der Waals surface area contributed by atoms with Crippen LogP contribution in [0.15, 0.2) is 59.0 Å². The molecule has 0 N–H and O–H groups in total. The number of aromatic nitrogens is 3. The molecule has 2 aliphatic heterocycles. The Kier molecular flexibility index (Phi) is 8.31. The average molecular weight is 678 g/mol. The second kappa shape index (κ2) is 12.0. The first kappa shape index (κ1) is 32.5. The fourth-order valence-corrected chi connectivity index (χ4v) is 7.97. The summed E-state index contributed by atoms with van der Waals surface area (Å²) in [5.41, 5.74) is -3.85. The monoisotopic (exact) mass is 677 g/mol. The van der Waals surface area contributed by atoms with Gasteiger partial charge in [-0.05, 0) is 38.1 Å². The first-order valence-electron chi connectivity index (χ1n) is 14.5. The number of alkyl halides is 3. The van der Waals surface area contributed by atoms with Crippen LogP contribution in [0.4, 0.5) is 36.6 Å². The van der Waals surface area contributed by atoms with Gasteiger partial charge in [-0.1, -0.05) is 6.58 Å². The Labute approximate surface area is 267 Å². The van der Waals surface area contributed by atoms with Crippen LogP contribution >= 0.6 is 11.8 Å². The van der Waals surface area contributed by atoms with E-state index in [0.29, 0.717) is 6.07 Å². The van der Waals surface area contributed by atoms with E-state index in [1.54, 1.807) is 23.6 Å². The second-order valence-corrected chi connectivity index (χ2v) is 12.6. The lowest BCUT2D eigenvalue weighted by atomic mass is 9.95. The minimum atomic E-state index is -5.07. The van der Waals surface area contributed by atoms with Crippen molar-refractivity contribution in [2.24, 2.45) is 0 Å². The summed E-state index contributed by atoms with van der Waals surface area (Å²) in [5, 5.41) is -0.107. The SMILES string of the molecule is C=CC(=O)N1[C@H](C)CN(c2nc(=O)n3c4c(c(-c5ccc(F)cc5F)c(C(F)(F)F)cc24)SC[C@@H](c2c(F)cncc2F)C3)C[C@@H]1C. The molecule has 2 aromatic heterocycles. The molecule has 2 aliphatic rings. The highest BCUT2D eigenvalue weighted by Gasteiger charge is 2.40. The lowest BCUT2D eigenvalue weighted by Gasteiger charge is -2.44. The summed E-state index contributed by atoms with van der Waals surface area (Å²) in [6.45, 7) is 6.83. The van der Waals surface area contributed by atoms with E-state index in [4.69, 9.17) is 0 Å². The third-order valence-corrected chi connectivity index (χ3v) is 9.74. The number of piperazine rings is 1. The summed E-state index contributed by atoms with van der Waals surface area (Å²) in [6, 6.07) is 2.02. The van der Waals surface area contributed by atoms with Crippen LogP contribution < -0.4 is 10.6 Å². The lowest BCUT2D eigenvalue weighted by molar-refractivity contribution is -0.137. The van der Waals surface area contributed by atoms with Gasteiger partial charge >= 0.3 is 11.9 Å². The fourth-order valence-electron chi connectivity index (χ4n) is 6.61. The van der Waals surface area contributed by atoms with Gasteiger partial charge in [0.1, 0.15) is 29.1 Å². The van der Waals surface area contributed by atoms with Gasteiger partial charge in [0.15, 0.2) is 0 Å². The van der Waals surface area contributed by atoms with E-state index in [1.807, 2.05) is 0 Å². The summed E-state index contributed by atoms with van der Waals surface area (Å²) >= 11 is 0.775. The number of hydrogen-bond acceptors (Lipinski definition) is 6. The summed E-state index contributed by atoms with van der Waals surface area (Å²) in [5.74, 6) is -6.01. The maximum absolute atomic E-state index is 15.3. The molecule has 47 heavy (non-hydrogen) atoms. The number of carbonyl (C=O) groups excluding carboxylic acids is 1. The summed E-state index contributed by atoms with van der Waals surface area (Å²) < 4.78 is 105. The molecular weight excluding hydrogens is 651 g/mol. The largest absolute Gasteiger partial charge is 0.417 e. The Balaban J connectivity index is 1.66. The number of hydrogen-bond donors (Lipinski definition) is 0. The first-order chi connectivity index (χ1) is 22.2. The molecule has 1 saturated heterocycles. The summed E-state index contributed by atoms with van der Waals surface area (Å²) in [7, 11) is 0. The topological polar surface area (TPSA) is 71.3 Å². The van der Waals surface area contributed by atoms with Gasteiger partial charge < -0.3 is 9.80 Å². The molecule has 0 unspecified atom stereocenters. The quantitative estimate of drug-likeness (QED) is 0.181. The molecule has 3 atom stereocenters. The number of carbonyl (C=O) groups is 1. The minimum absolute atomic E-state index is 0.0426. The van der Waals surface area contributed by atoms with Crippen LogP contribution in [-0.4, -0.2) is 56.3 Å². The van der Waals surface area contributed by atoms with E-state index in [9.17, 15) is 35.9 Å². The third-order valence-electron chi connectivity index (χ3n) is 8.48. The molecule has 6 rings (SSSR count). The molecule has 7 nitrogen and oxygen atoms in total. The maximum Gasteiger partial charge on any atom is 0.417 e. The van der Waals surface area contributed by atoms with Crippen molar-refractivity contribution >= 4 is 34.4 Å². The second-order valence-electron chi connectivity index (χ2n) is 11.6. The maximum atomic E-state index is 15.3. The molecule has 0 aliphatic carbocycles. The van der Waals surface area contributed by atoms with Gasteiger partial charge in [0.25, 0.3) is 0 Å². The zero-order valence-electron chi connectivity index (χ0n) is 24.9. The van der Waals surface area contributed by atoms with Crippen LogP contribution in [0.3, 0.4) is 0 Å². The molecule has 246 valence electrons. The fraction of sp³-hybridized carbons (Fsp3) is 0.312. The Morgan fingerprint density at radius 2 is 1.66 bits per heavy atom. The normalized spacial score (nSPS) is 20.0. The van der Waals surface area contributed by atoms with Crippen molar-refractivity contribution in [3.63, 3.8) is 0 Å². The number of nitrogens with zero attached hydrogens (tertiary/aromatic N) is 5. The molecule has 1 fully saturated rings. The molecule has 4 aromatic rings. The molecular formula is C32H26F7N5O2S. The average Bonchev–Trinajstić information content (AvgIpc) is 3.19. The van der Waals surface area contributed by atoms with Crippen molar-refractivity contribution in [2.75, 3.05) is 23.7 Å². The third kappa shape index (κ3) is 5.63. The standard InChI is InChI=1S/C32H26F7N5O2S/c1-4-25(45)44-15(2)11-42(12-16(44)3)30-20-8-21(32(37,38)39)27(19-6-5-18(33)7-22(19)34)29-28(20)43(31(46)41-30)13-17(14-47-29)26-23(35)9-40-10-24(26)36/h4-10,15-17H,1,11-14H2,2-3H3/t15-,16+,17-/m0/s1. The molecule has 0 spiro atoms. The molecule has 15 heteroatoms. The summed E-state index contributed by atoms with van der Waals surface area (Å²) in [4.78, 5) is 37.1. The van der Waals surface area contributed by atoms with E-state index >= 15 is 4.39 Å². The Morgan fingerprint density at radius 3 is 2.26 bits per heavy atom. The number of halogens is 7. The van der Waals surface area contributed by atoms with Crippen molar-refractivity contribution in [3.8, 4) is 11.1 Å². The predicted octanol–water partition coefficient (Wildman–Crippen LogP) is 6.53. The molecule has 0 saturated carbocycles. The van der Waals surface area contributed by atoms with Gasteiger partial charge in [-0.2, -0.15) is 18.2 Å². The zero-order chi connectivity index (χ0) is 33.9. The summed E-state index contributed by atoms with van der Waals surface area (Å²) in [6.07, 6.45) is -2.32. The van der Waals surface area contributed by atoms with E-state index in [1.165, 1.54) is 0 Å². The Bertz CT molecular complexity index is 1970. The van der Waals surface area contributed by atoms with Crippen molar-refractivity contribution in [1.29, 1.82) is 0 Å². The van der Waals surface area contributed by atoms with E-state index in [2.05, 4.69) is 16.5 Å². The Hall–Kier alpha value is -4.40. The lowest BCUT2D eigenvalue weighted by Crippen LogP contribution is -2.58. The molecule has 0 radical (unpaired) electrons. The molecule has 4 heterocycles. The first-order valence-corrected chi connectivity index (χ1v) is 15.4. The van der Waals surface area contributed by atoms with Crippen LogP contribution in [0.2, 0.25) is 0 Å². The van der Waals surface area contributed by atoms with Crippen molar-refractivity contribution in [3.05, 3.63) is 94.2 Å². The van der Waals surface area contributed by atoms with Gasteiger partial charge in [0.05, 0.1) is 23.5 Å². The number of benzene rings is 2. The zero-order valence-corrected chi connectivity index (χ0v) is 25.7. The van der Waals surface area contributed by atoms with E-state index < -0.39 is 75.4 Å². The highest BCUT2D eigenvalue weighted by Crippen LogP contribution is 2.50. The predicted molar refractivity (Wildman–Crippen MR) is 162 cm³/mol. The molecule has 0 bridgehead atoms. The van der Waals surface area contributed by atoms with Crippen LogP contribution in [0, 0.1) is 23.3 Å². The molecule has 1 amide bonds. The van der Waals surface area contributed by atoms with Crippen LogP contribution in [0.5, 0.6) is 0 Å². The van der Waals surface area contributed by atoms with E-state index in [0.717, 1.165) is 53.0 Å². The van der Waals surface area contributed by atoms with Gasteiger partial charge in [-0.15, -0.1) is 11.8 Å². The van der Waals surface area contributed by atoms with Gasteiger partial charge in [-0.3, -0.25) is 14.3 Å². The highest BCUT2D eigenvalue weighted by atomic mass is 32.2. The number of pyridine rings is 1. The van der Waals surface area contributed by atoms with Crippen LogP contribution in [-0.2, 0) is 17.5 Å². The van der Waals surface area contributed by atoms with Gasteiger partial charge in [0.2, 0.25) is 5.91 Å². The molecule has 2 aromatic carbocycles. The van der Waals surface area contributed by atoms with Gasteiger partial charge in [-0.25, -0.2) is 22.4 Å². The number of amides is 1. The smallest absolute Gasteiger partial charge is 0.352 e. The number of thioether (sulfide) groups is 1. The van der Waals surface area contributed by atoms with Crippen LogP contribution in [0.1, 0.15) is 30.9 Å². The van der Waals surface area contributed by atoms with Gasteiger partial charge in [0, 0.05) is 76.4 Å². The van der Waals surface area contributed by atoms with E-state index in [-0.39, 0.29) is 52.9 Å². The van der Waals surface area contributed by atoms with Crippen molar-refractivity contribution in [2.45, 2.75) is 49.5 Å². The van der Waals surface area contributed by atoms with Crippen molar-refractivity contribution < 1.29 is 35.5 Å². The highest BCUT2D eigenvalue weighted by molar-refractivity contribution is 7.99.